The molecule has 0 aliphatic heterocycles. The van der Waals surface area contributed by atoms with Gasteiger partial charge in [0.15, 0.2) is 0 Å². The van der Waals surface area contributed by atoms with Crippen LogP contribution in [0.1, 0.15) is 31.4 Å². The Morgan fingerprint density at radius 2 is 1.81 bits per heavy atom. The van der Waals surface area contributed by atoms with Crippen molar-refractivity contribution in [2.75, 3.05) is 6.61 Å². The SMILES string of the molecule is C=C(NS(=O)(=O)c1ccc(C)cc1)/C(Br)=C\C(CC)Oc1ccccc1CC(=O)OCC. The maximum atomic E-state index is 12.6. The molecule has 6 nitrogen and oxygen atoms in total. The van der Waals surface area contributed by atoms with Crippen LogP contribution in [-0.4, -0.2) is 27.1 Å². The van der Waals surface area contributed by atoms with Gasteiger partial charge in [-0.2, -0.15) is 0 Å². The van der Waals surface area contributed by atoms with Crippen LogP contribution in [0.25, 0.3) is 0 Å². The summed E-state index contributed by atoms with van der Waals surface area (Å²) in [6, 6.07) is 13.8. The monoisotopic (exact) mass is 521 g/mol. The van der Waals surface area contributed by atoms with Crippen LogP contribution in [0.4, 0.5) is 0 Å². The van der Waals surface area contributed by atoms with Crippen molar-refractivity contribution < 1.29 is 22.7 Å². The predicted octanol–water partition coefficient (Wildman–Crippen LogP) is 5.03. The van der Waals surface area contributed by atoms with Crippen LogP contribution in [0.5, 0.6) is 5.75 Å². The number of rotatable bonds is 11. The third-order valence-corrected chi connectivity index (χ3v) is 6.65. The highest BCUT2D eigenvalue weighted by Crippen LogP contribution is 2.24. The summed E-state index contributed by atoms with van der Waals surface area (Å²) in [6.45, 7) is 9.73. The van der Waals surface area contributed by atoms with Gasteiger partial charge >= 0.3 is 5.97 Å². The number of aryl methyl sites for hydroxylation is 1. The minimum atomic E-state index is -3.76. The molecule has 0 spiro atoms. The molecule has 8 heteroatoms. The van der Waals surface area contributed by atoms with Crippen molar-refractivity contribution in [3.05, 3.63) is 82.5 Å². The summed E-state index contributed by atoms with van der Waals surface area (Å²) in [6.07, 6.45) is 2.07. The molecule has 0 heterocycles. The molecular formula is C24H28BrNO5S. The quantitative estimate of drug-likeness (QED) is 0.331. The summed E-state index contributed by atoms with van der Waals surface area (Å²) in [7, 11) is -3.76. The number of hydrogen-bond donors (Lipinski definition) is 1. The Labute approximate surface area is 198 Å². The van der Waals surface area contributed by atoms with Gasteiger partial charge in [-0.15, -0.1) is 0 Å². The number of carbonyl (C=O) groups is 1. The Balaban J connectivity index is 2.13. The molecule has 0 aromatic heterocycles. The molecule has 0 aliphatic carbocycles. The van der Waals surface area contributed by atoms with Gasteiger partial charge in [0.25, 0.3) is 10.0 Å². The fourth-order valence-corrected chi connectivity index (χ4v) is 4.35. The molecule has 0 fully saturated rings. The van der Waals surface area contributed by atoms with Crippen molar-refractivity contribution in [3.63, 3.8) is 0 Å². The standard InChI is InChI=1S/C24H28BrNO5S/c1-5-20(31-23-10-8-7-9-19(23)15-24(27)30-6-2)16-22(25)18(4)26-32(28,29)21-13-11-17(3)12-14-21/h7-14,16,20,26H,4-6,15H2,1-3H3/b22-16+. The zero-order valence-corrected chi connectivity index (χ0v) is 20.8. The second-order valence-electron chi connectivity index (χ2n) is 7.07. The van der Waals surface area contributed by atoms with E-state index in [0.717, 1.165) is 5.56 Å². The molecule has 0 radical (unpaired) electrons. The lowest BCUT2D eigenvalue weighted by Crippen LogP contribution is -2.23. The summed E-state index contributed by atoms with van der Waals surface area (Å²) >= 11 is 3.39. The van der Waals surface area contributed by atoms with Crippen LogP contribution in [0.15, 0.2) is 76.3 Å². The lowest BCUT2D eigenvalue weighted by atomic mass is 10.1. The second-order valence-corrected chi connectivity index (χ2v) is 9.60. The Hall–Kier alpha value is -2.58. The number of halogens is 1. The minimum Gasteiger partial charge on any atom is -0.486 e. The Kier molecular flexibility index (Phi) is 9.53. The van der Waals surface area contributed by atoms with Crippen LogP contribution in [-0.2, 0) is 26.0 Å². The first-order valence-corrected chi connectivity index (χ1v) is 12.5. The van der Waals surface area contributed by atoms with Crippen molar-refractivity contribution in [3.8, 4) is 5.75 Å². The fraction of sp³-hybridized carbons (Fsp3) is 0.292. The van der Waals surface area contributed by atoms with Crippen LogP contribution >= 0.6 is 15.9 Å². The van der Waals surface area contributed by atoms with E-state index < -0.39 is 10.0 Å². The van der Waals surface area contributed by atoms with Crippen molar-refractivity contribution >= 4 is 31.9 Å². The van der Waals surface area contributed by atoms with Crippen molar-refractivity contribution in [1.82, 2.24) is 4.72 Å². The topological polar surface area (TPSA) is 81.7 Å². The minimum absolute atomic E-state index is 0.106. The van der Waals surface area contributed by atoms with E-state index in [4.69, 9.17) is 9.47 Å². The van der Waals surface area contributed by atoms with E-state index in [9.17, 15) is 13.2 Å². The number of esters is 1. The molecule has 0 saturated carbocycles. The van der Waals surface area contributed by atoms with Crippen molar-refractivity contribution in [2.45, 2.75) is 44.6 Å². The zero-order valence-electron chi connectivity index (χ0n) is 18.4. The highest BCUT2D eigenvalue weighted by molar-refractivity contribution is 9.12. The van der Waals surface area contributed by atoms with Gasteiger partial charge in [0, 0.05) is 10.0 Å². The van der Waals surface area contributed by atoms with Crippen molar-refractivity contribution in [2.24, 2.45) is 0 Å². The van der Waals surface area contributed by atoms with E-state index >= 15 is 0 Å². The van der Waals surface area contributed by atoms with Crippen LogP contribution in [0.3, 0.4) is 0 Å². The van der Waals surface area contributed by atoms with E-state index in [1.54, 1.807) is 43.3 Å². The molecule has 32 heavy (non-hydrogen) atoms. The highest BCUT2D eigenvalue weighted by atomic mass is 79.9. The van der Waals surface area contributed by atoms with Gasteiger partial charge in [0.1, 0.15) is 11.9 Å². The average Bonchev–Trinajstić information content (AvgIpc) is 2.74. The van der Waals surface area contributed by atoms with Crippen molar-refractivity contribution in [1.29, 1.82) is 0 Å². The number of ether oxygens (including phenoxy) is 2. The number of hydrogen-bond acceptors (Lipinski definition) is 5. The van der Waals surface area contributed by atoms with Gasteiger partial charge in [-0.3, -0.25) is 9.52 Å². The van der Waals surface area contributed by atoms with Gasteiger partial charge < -0.3 is 9.47 Å². The number of benzene rings is 2. The first kappa shape index (κ1) is 25.7. The number of allylic oxidation sites excluding steroid dienone is 1. The third kappa shape index (κ3) is 7.53. The molecule has 2 aromatic rings. The maximum Gasteiger partial charge on any atom is 0.310 e. The molecular weight excluding hydrogens is 494 g/mol. The maximum absolute atomic E-state index is 12.6. The lowest BCUT2D eigenvalue weighted by Gasteiger charge is -2.18. The molecule has 2 rings (SSSR count). The number of nitrogens with one attached hydrogen (secondary N) is 1. The van der Waals surface area contributed by atoms with E-state index in [-0.39, 0.29) is 29.1 Å². The van der Waals surface area contributed by atoms with E-state index in [1.807, 2.05) is 32.0 Å². The first-order valence-electron chi connectivity index (χ1n) is 10.2. The van der Waals surface area contributed by atoms with E-state index in [1.165, 1.54) is 0 Å². The summed E-state index contributed by atoms with van der Waals surface area (Å²) < 4.78 is 39.3. The summed E-state index contributed by atoms with van der Waals surface area (Å²) in [5, 5.41) is 0. The summed E-state index contributed by atoms with van der Waals surface area (Å²) in [4.78, 5) is 12.0. The largest absolute Gasteiger partial charge is 0.486 e. The molecule has 172 valence electrons. The van der Waals surface area contributed by atoms with Crippen LogP contribution in [0, 0.1) is 6.92 Å². The summed E-state index contributed by atoms with van der Waals surface area (Å²) in [5.74, 6) is 0.238. The van der Waals surface area contributed by atoms with Gasteiger partial charge in [0.05, 0.1) is 23.6 Å². The van der Waals surface area contributed by atoms with Crippen LogP contribution in [0.2, 0.25) is 0 Å². The number of para-hydroxylation sites is 1. The number of carbonyl (C=O) groups excluding carboxylic acids is 1. The van der Waals surface area contributed by atoms with Gasteiger partial charge in [-0.05, 0) is 60.5 Å². The van der Waals surface area contributed by atoms with Gasteiger partial charge in [-0.1, -0.05) is 49.4 Å². The molecule has 1 N–H and O–H groups in total. The first-order chi connectivity index (χ1) is 15.2. The van der Waals surface area contributed by atoms with E-state index in [0.29, 0.717) is 28.8 Å². The lowest BCUT2D eigenvalue weighted by molar-refractivity contribution is -0.142. The number of sulfonamides is 1. The molecule has 2 aromatic carbocycles. The van der Waals surface area contributed by atoms with Crippen LogP contribution < -0.4 is 9.46 Å². The molecule has 0 amide bonds. The smallest absolute Gasteiger partial charge is 0.310 e. The average molecular weight is 522 g/mol. The fourth-order valence-electron chi connectivity index (χ4n) is 2.78. The van der Waals surface area contributed by atoms with E-state index in [2.05, 4.69) is 27.2 Å². The Morgan fingerprint density at radius 3 is 2.44 bits per heavy atom. The van der Waals surface area contributed by atoms with Gasteiger partial charge in [0.2, 0.25) is 0 Å². The molecule has 1 atom stereocenters. The predicted molar refractivity (Wildman–Crippen MR) is 129 cm³/mol. The molecule has 0 aliphatic rings. The third-order valence-electron chi connectivity index (χ3n) is 4.50. The normalized spacial score (nSPS) is 12.7. The Bertz CT molecular complexity index is 1080. The zero-order chi connectivity index (χ0) is 23.7. The molecule has 0 saturated heterocycles. The highest BCUT2D eigenvalue weighted by Gasteiger charge is 2.17. The molecule has 0 bridgehead atoms. The van der Waals surface area contributed by atoms with Gasteiger partial charge in [-0.25, -0.2) is 8.42 Å². The Morgan fingerprint density at radius 1 is 1.16 bits per heavy atom. The molecule has 1 unspecified atom stereocenters. The second kappa shape index (κ2) is 11.9. The summed E-state index contributed by atoms with van der Waals surface area (Å²) in [5.41, 5.74) is 1.87.